The van der Waals surface area contributed by atoms with Crippen LogP contribution in [0.5, 0.6) is 11.5 Å². The zero-order valence-corrected chi connectivity index (χ0v) is 15.3. The van der Waals surface area contributed by atoms with E-state index < -0.39 is 18.1 Å². The normalized spacial score (nSPS) is 19.8. The van der Waals surface area contributed by atoms with Gasteiger partial charge in [0.25, 0.3) is 0 Å². The maximum absolute atomic E-state index is 13.1. The number of alkyl halides is 3. The van der Waals surface area contributed by atoms with Crippen molar-refractivity contribution >= 4 is 5.69 Å². The average Bonchev–Trinajstić information content (AvgIpc) is 3.04. The molecule has 0 aromatic heterocycles. The first-order chi connectivity index (χ1) is 12.8. The van der Waals surface area contributed by atoms with E-state index in [2.05, 4.69) is 0 Å². The van der Waals surface area contributed by atoms with Gasteiger partial charge in [0.15, 0.2) is 0 Å². The number of rotatable bonds is 4. The number of hydrogen-bond donors (Lipinski definition) is 0. The van der Waals surface area contributed by atoms with E-state index >= 15 is 0 Å². The van der Waals surface area contributed by atoms with Crippen molar-refractivity contribution in [3.63, 3.8) is 0 Å². The van der Waals surface area contributed by atoms with E-state index in [0.29, 0.717) is 11.4 Å². The molecule has 0 saturated carbocycles. The Bertz CT molecular complexity index is 820. The number of hydrogen-bond acceptors (Lipinski definition) is 3. The third-order valence-electron chi connectivity index (χ3n) is 5.00. The van der Waals surface area contributed by atoms with Crippen molar-refractivity contribution in [3.05, 3.63) is 53.6 Å². The quantitative estimate of drug-likeness (QED) is 0.682. The fourth-order valence-corrected chi connectivity index (χ4v) is 3.55. The van der Waals surface area contributed by atoms with Gasteiger partial charge in [-0.3, -0.25) is 0 Å². The fourth-order valence-electron chi connectivity index (χ4n) is 3.55. The Morgan fingerprint density at radius 3 is 2.30 bits per heavy atom. The molecule has 2 aromatic rings. The summed E-state index contributed by atoms with van der Waals surface area (Å²) in [6.07, 6.45) is -4.21. The van der Waals surface area contributed by atoms with Gasteiger partial charge in [-0.15, -0.1) is 0 Å². The van der Waals surface area contributed by atoms with Crippen molar-refractivity contribution in [1.82, 2.24) is 0 Å². The number of anilines is 1. The summed E-state index contributed by atoms with van der Waals surface area (Å²) in [6, 6.07) is 14.5. The molecule has 2 atom stereocenters. The van der Waals surface area contributed by atoms with Crippen LogP contribution in [0.2, 0.25) is 0 Å². The highest BCUT2D eigenvalue weighted by Gasteiger charge is 2.47. The maximum atomic E-state index is 13.1. The molecule has 3 nitrogen and oxygen atoms in total. The van der Waals surface area contributed by atoms with E-state index in [1.807, 2.05) is 38.1 Å². The van der Waals surface area contributed by atoms with Crippen LogP contribution in [0, 0.1) is 31.1 Å². The summed E-state index contributed by atoms with van der Waals surface area (Å²) in [7, 11) is 0. The molecule has 2 aromatic carbocycles. The third kappa shape index (κ3) is 4.19. The zero-order valence-electron chi connectivity index (χ0n) is 15.3. The number of benzene rings is 2. The van der Waals surface area contributed by atoms with Crippen molar-refractivity contribution in [2.24, 2.45) is 5.92 Å². The summed E-state index contributed by atoms with van der Waals surface area (Å²) in [4.78, 5) is 1.68. The molecule has 0 amide bonds. The summed E-state index contributed by atoms with van der Waals surface area (Å²) < 4.78 is 45.3. The van der Waals surface area contributed by atoms with Gasteiger partial charge in [-0.2, -0.15) is 18.4 Å². The first kappa shape index (κ1) is 19.1. The summed E-state index contributed by atoms with van der Waals surface area (Å²) in [5.74, 6) is 0.00635. The molecule has 0 radical (unpaired) electrons. The Balaban J connectivity index is 1.79. The smallest absolute Gasteiger partial charge is 0.393 e. The van der Waals surface area contributed by atoms with E-state index in [0.717, 1.165) is 16.9 Å². The summed E-state index contributed by atoms with van der Waals surface area (Å²) in [6.45, 7) is 3.81. The van der Waals surface area contributed by atoms with Crippen molar-refractivity contribution < 1.29 is 17.9 Å². The molecule has 2 unspecified atom stereocenters. The highest BCUT2D eigenvalue weighted by Crippen LogP contribution is 2.40. The van der Waals surface area contributed by atoms with Gasteiger partial charge in [0, 0.05) is 18.3 Å². The van der Waals surface area contributed by atoms with Crippen LogP contribution in [0.3, 0.4) is 0 Å². The van der Waals surface area contributed by atoms with Gasteiger partial charge < -0.3 is 9.64 Å². The first-order valence-corrected chi connectivity index (χ1v) is 8.84. The van der Waals surface area contributed by atoms with Gasteiger partial charge >= 0.3 is 6.18 Å². The highest BCUT2D eigenvalue weighted by atomic mass is 19.4. The average molecular weight is 374 g/mol. The second-order valence-electron chi connectivity index (χ2n) is 6.96. The van der Waals surface area contributed by atoms with Gasteiger partial charge in [-0.05, 0) is 55.7 Å². The largest absolute Gasteiger partial charge is 0.457 e. The lowest BCUT2D eigenvalue weighted by Gasteiger charge is -2.25. The van der Waals surface area contributed by atoms with Gasteiger partial charge in [0.2, 0.25) is 0 Å². The molecule has 0 bridgehead atoms. The molecule has 27 heavy (non-hydrogen) atoms. The lowest BCUT2D eigenvalue weighted by atomic mass is 10.0. The minimum Gasteiger partial charge on any atom is -0.457 e. The molecule has 1 saturated heterocycles. The molecular formula is C21H21F3N2O. The zero-order chi connectivity index (χ0) is 19.6. The van der Waals surface area contributed by atoms with Crippen LogP contribution in [0.4, 0.5) is 18.9 Å². The Labute approximate surface area is 157 Å². The third-order valence-corrected chi connectivity index (χ3v) is 5.00. The van der Waals surface area contributed by atoms with Crippen molar-refractivity contribution in [2.75, 3.05) is 11.4 Å². The molecule has 0 N–H and O–H groups in total. The second-order valence-corrected chi connectivity index (χ2v) is 6.96. The Morgan fingerprint density at radius 1 is 1.11 bits per heavy atom. The van der Waals surface area contributed by atoms with Gasteiger partial charge in [0.05, 0.1) is 18.4 Å². The van der Waals surface area contributed by atoms with Crippen LogP contribution in [0.1, 0.15) is 24.0 Å². The van der Waals surface area contributed by atoms with Crippen LogP contribution < -0.4 is 9.64 Å². The SMILES string of the molecule is Cc1cccc(C)c1Oc1ccc(N2CC(C(F)(F)F)CC2CC#N)cc1. The summed E-state index contributed by atoms with van der Waals surface area (Å²) in [5, 5.41) is 8.96. The van der Waals surface area contributed by atoms with Crippen molar-refractivity contribution in [1.29, 1.82) is 5.26 Å². The number of nitrogens with zero attached hydrogens (tertiary/aromatic N) is 2. The maximum Gasteiger partial charge on any atom is 0.393 e. The first-order valence-electron chi connectivity index (χ1n) is 8.84. The predicted molar refractivity (Wildman–Crippen MR) is 98.0 cm³/mol. The molecule has 1 aliphatic rings. The van der Waals surface area contributed by atoms with Crippen molar-refractivity contribution in [3.8, 4) is 17.6 Å². The summed E-state index contributed by atoms with van der Waals surface area (Å²) >= 11 is 0. The number of aryl methyl sites for hydroxylation is 2. The number of nitriles is 1. The van der Waals surface area contributed by atoms with Crippen molar-refractivity contribution in [2.45, 2.75) is 38.9 Å². The predicted octanol–water partition coefficient (Wildman–Crippen LogP) is 5.77. The Hall–Kier alpha value is -2.68. The monoisotopic (exact) mass is 374 g/mol. The van der Waals surface area contributed by atoms with Crippen LogP contribution >= 0.6 is 0 Å². The molecule has 0 spiro atoms. The molecule has 1 fully saturated rings. The topological polar surface area (TPSA) is 36.3 Å². The van der Waals surface area contributed by atoms with E-state index in [9.17, 15) is 13.2 Å². The number of ether oxygens (including phenoxy) is 1. The van der Waals surface area contributed by atoms with Gasteiger partial charge in [-0.1, -0.05) is 18.2 Å². The van der Waals surface area contributed by atoms with Crippen LogP contribution in [0.25, 0.3) is 0 Å². The van der Waals surface area contributed by atoms with E-state index in [1.165, 1.54) is 0 Å². The van der Waals surface area contributed by atoms with E-state index in [4.69, 9.17) is 10.00 Å². The number of halogens is 3. The molecule has 3 rings (SSSR count). The van der Waals surface area contributed by atoms with E-state index in [-0.39, 0.29) is 19.4 Å². The fraction of sp³-hybridized carbons (Fsp3) is 0.381. The highest BCUT2D eigenvalue weighted by molar-refractivity contribution is 5.52. The molecule has 0 aliphatic carbocycles. The molecular weight excluding hydrogens is 353 g/mol. The Kier molecular flexibility index (Phi) is 5.31. The minimum absolute atomic E-state index is 0.0439. The molecule has 1 aliphatic heterocycles. The minimum atomic E-state index is -4.24. The van der Waals surface area contributed by atoms with Gasteiger partial charge in [0.1, 0.15) is 11.5 Å². The lowest BCUT2D eigenvalue weighted by Crippen LogP contribution is -2.30. The standard InChI is InChI=1S/C21H21F3N2O/c1-14-4-3-5-15(2)20(14)27-19-8-6-17(7-9-19)26-13-16(21(22,23)24)12-18(26)10-11-25/h3-9,16,18H,10,12-13H2,1-2H3. The van der Waals surface area contributed by atoms with E-state index in [1.54, 1.807) is 29.2 Å². The lowest BCUT2D eigenvalue weighted by molar-refractivity contribution is -0.168. The summed E-state index contributed by atoms with van der Waals surface area (Å²) in [5.41, 5.74) is 2.71. The molecule has 6 heteroatoms. The van der Waals surface area contributed by atoms with Crippen LogP contribution in [-0.2, 0) is 0 Å². The molecule has 142 valence electrons. The van der Waals surface area contributed by atoms with Crippen LogP contribution in [-0.4, -0.2) is 18.8 Å². The van der Waals surface area contributed by atoms with Gasteiger partial charge in [-0.25, -0.2) is 0 Å². The van der Waals surface area contributed by atoms with Crippen LogP contribution in [0.15, 0.2) is 42.5 Å². The number of para-hydroxylation sites is 1. The Morgan fingerprint density at radius 2 is 1.74 bits per heavy atom. The molecule has 1 heterocycles. The second kappa shape index (κ2) is 7.51.